The lowest BCUT2D eigenvalue weighted by Gasteiger charge is -2.17. The Balaban J connectivity index is 3.23. The van der Waals surface area contributed by atoms with Crippen LogP contribution in [-0.4, -0.2) is 7.05 Å². The van der Waals surface area contributed by atoms with Crippen molar-refractivity contribution in [2.45, 2.75) is 25.6 Å². The highest BCUT2D eigenvalue weighted by molar-refractivity contribution is 5.30. The Morgan fingerprint density at radius 2 is 1.94 bits per heavy atom. The van der Waals surface area contributed by atoms with Crippen LogP contribution in [-0.2, 0) is 6.18 Å². The fraction of sp³-hybridized carbons (Fsp3) is 0.455. The summed E-state index contributed by atoms with van der Waals surface area (Å²) in [6.45, 7) is 1.78. The number of benzene rings is 1. The molecule has 0 aromatic heterocycles. The van der Waals surface area contributed by atoms with Crippen LogP contribution in [0.1, 0.15) is 30.5 Å². The second-order valence-corrected chi connectivity index (χ2v) is 3.46. The molecule has 0 aliphatic heterocycles. The first-order valence-corrected chi connectivity index (χ1v) is 4.94. The SMILES string of the molecule is CCC(NC)c1cccc(C(F)(F)F)c1F. The maximum atomic E-state index is 13.6. The maximum absolute atomic E-state index is 13.6. The Kier molecular flexibility index (Phi) is 3.91. The molecule has 1 atom stereocenters. The van der Waals surface area contributed by atoms with Gasteiger partial charge in [0.25, 0.3) is 0 Å². The third kappa shape index (κ3) is 2.52. The topological polar surface area (TPSA) is 12.0 Å². The number of hydrogen-bond acceptors (Lipinski definition) is 1. The molecule has 1 rings (SSSR count). The quantitative estimate of drug-likeness (QED) is 0.790. The Morgan fingerprint density at radius 1 is 1.31 bits per heavy atom. The van der Waals surface area contributed by atoms with Gasteiger partial charge in [0, 0.05) is 11.6 Å². The number of alkyl halides is 3. The van der Waals surface area contributed by atoms with E-state index < -0.39 is 23.6 Å². The minimum atomic E-state index is -4.65. The number of nitrogens with one attached hydrogen (secondary N) is 1. The molecule has 1 aromatic rings. The minimum Gasteiger partial charge on any atom is -0.313 e. The van der Waals surface area contributed by atoms with Crippen molar-refractivity contribution in [2.24, 2.45) is 0 Å². The summed E-state index contributed by atoms with van der Waals surface area (Å²) < 4.78 is 51.0. The fourth-order valence-electron chi connectivity index (χ4n) is 1.62. The fourth-order valence-corrected chi connectivity index (χ4v) is 1.62. The molecule has 90 valence electrons. The van der Waals surface area contributed by atoms with Crippen LogP contribution < -0.4 is 5.32 Å². The van der Waals surface area contributed by atoms with Crippen LogP contribution in [0.3, 0.4) is 0 Å². The smallest absolute Gasteiger partial charge is 0.313 e. The van der Waals surface area contributed by atoms with E-state index in [4.69, 9.17) is 0 Å². The molecule has 16 heavy (non-hydrogen) atoms. The Hall–Kier alpha value is -1.10. The normalized spacial score (nSPS) is 13.9. The van der Waals surface area contributed by atoms with Gasteiger partial charge in [-0.1, -0.05) is 19.1 Å². The second-order valence-electron chi connectivity index (χ2n) is 3.46. The van der Waals surface area contributed by atoms with E-state index in [1.54, 1.807) is 14.0 Å². The summed E-state index contributed by atoms with van der Waals surface area (Å²) in [5, 5.41) is 2.78. The lowest BCUT2D eigenvalue weighted by Crippen LogP contribution is -2.19. The Morgan fingerprint density at radius 3 is 2.38 bits per heavy atom. The van der Waals surface area contributed by atoms with Gasteiger partial charge in [0.15, 0.2) is 0 Å². The summed E-state index contributed by atoms with van der Waals surface area (Å²) in [7, 11) is 1.59. The third-order valence-corrected chi connectivity index (χ3v) is 2.47. The minimum absolute atomic E-state index is 0.0554. The Labute approximate surface area is 91.5 Å². The first kappa shape index (κ1) is 13.0. The maximum Gasteiger partial charge on any atom is 0.419 e. The van der Waals surface area contributed by atoms with Crippen LogP contribution in [0.5, 0.6) is 0 Å². The van der Waals surface area contributed by atoms with E-state index in [1.807, 2.05) is 0 Å². The highest BCUT2D eigenvalue weighted by Gasteiger charge is 2.35. The molecule has 0 saturated carbocycles. The molecule has 0 bridgehead atoms. The van der Waals surface area contributed by atoms with Gasteiger partial charge in [-0.25, -0.2) is 4.39 Å². The molecule has 0 heterocycles. The molecule has 0 radical (unpaired) electrons. The van der Waals surface area contributed by atoms with Crippen molar-refractivity contribution in [2.75, 3.05) is 7.05 Å². The molecular formula is C11H13F4N. The Bertz CT molecular complexity index is 355. The van der Waals surface area contributed by atoms with E-state index in [0.717, 1.165) is 6.07 Å². The van der Waals surface area contributed by atoms with Gasteiger partial charge >= 0.3 is 6.18 Å². The molecule has 0 spiro atoms. The van der Waals surface area contributed by atoms with Crippen molar-refractivity contribution in [1.82, 2.24) is 5.32 Å². The first-order chi connectivity index (χ1) is 7.41. The molecular weight excluding hydrogens is 222 g/mol. The van der Waals surface area contributed by atoms with Crippen LogP contribution in [0.2, 0.25) is 0 Å². The van der Waals surface area contributed by atoms with Gasteiger partial charge in [0.1, 0.15) is 5.82 Å². The largest absolute Gasteiger partial charge is 0.419 e. The molecule has 0 aliphatic rings. The summed E-state index contributed by atoms with van der Waals surface area (Å²) in [6.07, 6.45) is -4.12. The molecule has 0 amide bonds. The van der Waals surface area contributed by atoms with Crippen molar-refractivity contribution in [3.63, 3.8) is 0 Å². The molecule has 0 aliphatic carbocycles. The van der Waals surface area contributed by atoms with Gasteiger partial charge in [-0.3, -0.25) is 0 Å². The summed E-state index contributed by atoms with van der Waals surface area (Å²) in [5.41, 5.74) is -1.15. The zero-order chi connectivity index (χ0) is 12.3. The van der Waals surface area contributed by atoms with Gasteiger partial charge in [0.05, 0.1) is 5.56 Å². The van der Waals surface area contributed by atoms with Crippen molar-refractivity contribution >= 4 is 0 Å². The van der Waals surface area contributed by atoms with Crippen LogP contribution in [0, 0.1) is 5.82 Å². The van der Waals surface area contributed by atoms with E-state index in [1.165, 1.54) is 12.1 Å². The van der Waals surface area contributed by atoms with Crippen molar-refractivity contribution in [1.29, 1.82) is 0 Å². The molecule has 0 fully saturated rings. The number of halogens is 4. The summed E-state index contributed by atoms with van der Waals surface area (Å²) in [6, 6.07) is 2.94. The zero-order valence-corrected chi connectivity index (χ0v) is 9.03. The average molecular weight is 235 g/mol. The van der Waals surface area contributed by atoms with Crippen LogP contribution in [0.15, 0.2) is 18.2 Å². The van der Waals surface area contributed by atoms with Gasteiger partial charge in [-0.05, 0) is 19.5 Å². The van der Waals surface area contributed by atoms with E-state index in [0.29, 0.717) is 6.42 Å². The monoisotopic (exact) mass is 235 g/mol. The van der Waals surface area contributed by atoms with Gasteiger partial charge < -0.3 is 5.32 Å². The van der Waals surface area contributed by atoms with Gasteiger partial charge in [0.2, 0.25) is 0 Å². The molecule has 5 heteroatoms. The highest BCUT2D eigenvalue weighted by atomic mass is 19.4. The van der Waals surface area contributed by atoms with E-state index >= 15 is 0 Å². The van der Waals surface area contributed by atoms with Gasteiger partial charge in [-0.15, -0.1) is 0 Å². The van der Waals surface area contributed by atoms with Gasteiger partial charge in [-0.2, -0.15) is 13.2 Å². The van der Waals surface area contributed by atoms with Crippen molar-refractivity contribution in [3.8, 4) is 0 Å². The molecule has 1 N–H and O–H groups in total. The standard InChI is InChI=1S/C11H13F4N/c1-3-9(16-2)7-5-4-6-8(10(7)12)11(13,14)15/h4-6,9,16H,3H2,1-2H3. The summed E-state index contributed by atoms with van der Waals surface area (Å²) >= 11 is 0. The van der Waals surface area contributed by atoms with Crippen LogP contribution >= 0.6 is 0 Å². The molecule has 1 aromatic carbocycles. The lowest BCUT2D eigenvalue weighted by molar-refractivity contribution is -0.140. The number of hydrogen-bond donors (Lipinski definition) is 1. The van der Waals surface area contributed by atoms with E-state index in [2.05, 4.69) is 5.32 Å². The number of rotatable bonds is 3. The highest BCUT2D eigenvalue weighted by Crippen LogP contribution is 2.34. The first-order valence-electron chi connectivity index (χ1n) is 4.94. The van der Waals surface area contributed by atoms with Crippen LogP contribution in [0.25, 0.3) is 0 Å². The summed E-state index contributed by atoms with van der Waals surface area (Å²) in [4.78, 5) is 0. The molecule has 0 saturated heterocycles. The molecule has 1 nitrogen and oxygen atoms in total. The predicted octanol–water partition coefficient (Wildman–Crippen LogP) is 3.52. The lowest BCUT2D eigenvalue weighted by atomic mass is 10.0. The van der Waals surface area contributed by atoms with Crippen molar-refractivity contribution < 1.29 is 17.6 Å². The molecule has 1 unspecified atom stereocenters. The zero-order valence-electron chi connectivity index (χ0n) is 9.03. The van der Waals surface area contributed by atoms with E-state index in [-0.39, 0.29) is 5.56 Å². The third-order valence-electron chi connectivity index (χ3n) is 2.47. The average Bonchev–Trinajstić information content (AvgIpc) is 2.20. The second kappa shape index (κ2) is 4.82. The summed E-state index contributed by atoms with van der Waals surface area (Å²) in [5.74, 6) is -1.18. The van der Waals surface area contributed by atoms with Crippen molar-refractivity contribution in [3.05, 3.63) is 35.1 Å². The van der Waals surface area contributed by atoms with Crippen LogP contribution in [0.4, 0.5) is 17.6 Å². The predicted molar refractivity (Wildman–Crippen MR) is 53.5 cm³/mol. The van der Waals surface area contributed by atoms with E-state index in [9.17, 15) is 17.6 Å².